The Morgan fingerprint density at radius 1 is 1.18 bits per heavy atom. The molecule has 10 heteroatoms. The van der Waals surface area contributed by atoms with Crippen LogP contribution >= 0.6 is 11.3 Å². The van der Waals surface area contributed by atoms with Crippen molar-refractivity contribution in [3.05, 3.63) is 35.3 Å². The van der Waals surface area contributed by atoms with Crippen LogP contribution in [0.1, 0.15) is 11.8 Å². The Bertz CT molecular complexity index is 740. The van der Waals surface area contributed by atoms with Crippen molar-refractivity contribution in [1.82, 2.24) is 4.98 Å². The Balaban J connectivity index is 2.07. The summed E-state index contributed by atoms with van der Waals surface area (Å²) in [5.41, 5.74) is 0.880. The summed E-state index contributed by atoms with van der Waals surface area (Å²) in [5.74, 6) is -0.0493. The van der Waals surface area contributed by atoms with E-state index in [0.717, 1.165) is 6.20 Å². The van der Waals surface area contributed by atoms with Gasteiger partial charge in [0.25, 0.3) is 0 Å². The first-order valence-electron chi connectivity index (χ1n) is 6.10. The fraction of sp³-hybridized carbons (Fsp3) is 0.250. The highest BCUT2D eigenvalue weighted by atomic mass is 32.2. The Morgan fingerprint density at radius 2 is 1.77 bits per heavy atom. The molecular formula is C12H12F3N3O2S2. The Morgan fingerprint density at radius 3 is 2.27 bits per heavy atom. The number of rotatable bonds is 5. The maximum absolute atomic E-state index is 12.5. The number of anilines is 3. The van der Waals surface area contributed by atoms with E-state index in [1.807, 2.05) is 0 Å². The normalized spacial score (nSPS) is 12.2. The van der Waals surface area contributed by atoms with Gasteiger partial charge in [-0.3, -0.25) is 4.72 Å². The van der Waals surface area contributed by atoms with Gasteiger partial charge >= 0.3 is 6.18 Å². The molecule has 2 rings (SSSR count). The molecule has 0 unspecified atom stereocenters. The van der Waals surface area contributed by atoms with E-state index in [0.29, 0.717) is 22.7 Å². The zero-order chi connectivity index (χ0) is 16.4. The fourth-order valence-electron chi connectivity index (χ4n) is 1.46. The van der Waals surface area contributed by atoms with Crippen LogP contribution in [0, 0.1) is 0 Å². The summed E-state index contributed by atoms with van der Waals surface area (Å²) in [6, 6.07) is 6.10. The number of nitrogens with zero attached hydrogens (tertiary/aromatic N) is 1. The smallest absolute Gasteiger partial charge is 0.332 e. The van der Waals surface area contributed by atoms with Gasteiger partial charge in [-0.2, -0.15) is 13.2 Å². The van der Waals surface area contributed by atoms with Crippen molar-refractivity contribution in [1.29, 1.82) is 0 Å². The summed E-state index contributed by atoms with van der Waals surface area (Å²) < 4.78 is 62.5. The zero-order valence-electron chi connectivity index (χ0n) is 11.3. The topological polar surface area (TPSA) is 71.1 Å². The lowest BCUT2D eigenvalue weighted by atomic mass is 10.3. The van der Waals surface area contributed by atoms with Gasteiger partial charge in [0.2, 0.25) is 10.0 Å². The van der Waals surface area contributed by atoms with Crippen molar-refractivity contribution in [3.8, 4) is 0 Å². The molecule has 0 aliphatic carbocycles. The number of halogens is 3. The second-order valence-corrected chi connectivity index (χ2v) is 7.28. The monoisotopic (exact) mass is 351 g/mol. The molecule has 0 atom stereocenters. The SMILES string of the molecule is CCS(=O)(=O)Nc1ccc(Nc2ncc(C(F)(F)F)s2)cc1. The van der Waals surface area contributed by atoms with Crippen molar-refractivity contribution in [2.75, 3.05) is 15.8 Å². The minimum Gasteiger partial charge on any atom is -0.332 e. The lowest BCUT2D eigenvalue weighted by Gasteiger charge is -2.07. The maximum atomic E-state index is 12.5. The van der Waals surface area contributed by atoms with Gasteiger partial charge in [-0.25, -0.2) is 13.4 Å². The summed E-state index contributed by atoms with van der Waals surface area (Å²) in [6.45, 7) is 1.51. The van der Waals surface area contributed by atoms with Crippen molar-refractivity contribution >= 4 is 37.9 Å². The first-order chi connectivity index (χ1) is 10.2. The largest absolute Gasteiger partial charge is 0.427 e. The number of thiazole rings is 1. The van der Waals surface area contributed by atoms with Crippen LogP contribution in [0.5, 0.6) is 0 Å². The van der Waals surface area contributed by atoms with Gasteiger partial charge in [-0.15, -0.1) is 0 Å². The average molecular weight is 351 g/mol. The molecule has 1 heterocycles. The van der Waals surface area contributed by atoms with Gasteiger partial charge in [0.15, 0.2) is 5.13 Å². The Labute approximate surface area is 129 Å². The zero-order valence-corrected chi connectivity index (χ0v) is 12.9. The molecule has 2 N–H and O–H groups in total. The van der Waals surface area contributed by atoms with Gasteiger partial charge < -0.3 is 5.32 Å². The first-order valence-corrected chi connectivity index (χ1v) is 8.57. The average Bonchev–Trinajstić information content (AvgIpc) is 2.89. The fourth-order valence-corrected chi connectivity index (χ4v) is 2.80. The third-order valence-corrected chi connectivity index (χ3v) is 4.84. The van der Waals surface area contributed by atoms with E-state index in [-0.39, 0.29) is 10.9 Å². The molecule has 0 saturated carbocycles. The summed E-state index contributed by atoms with van der Waals surface area (Å²) in [6.07, 6.45) is -3.66. The minimum atomic E-state index is -4.42. The van der Waals surface area contributed by atoms with Crippen LogP contribution in [0.3, 0.4) is 0 Å². The van der Waals surface area contributed by atoms with Gasteiger partial charge in [0, 0.05) is 11.4 Å². The highest BCUT2D eigenvalue weighted by molar-refractivity contribution is 7.92. The molecular weight excluding hydrogens is 339 g/mol. The van der Waals surface area contributed by atoms with Crippen LogP contribution in [0.15, 0.2) is 30.5 Å². The third-order valence-electron chi connectivity index (χ3n) is 2.57. The molecule has 0 aliphatic heterocycles. The number of hydrogen-bond donors (Lipinski definition) is 2. The van der Waals surface area contributed by atoms with E-state index >= 15 is 0 Å². The molecule has 0 fully saturated rings. The van der Waals surface area contributed by atoms with E-state index in [9.17, 15) is 21.6 Å². The predicted octanol–water partition coefficient (Wildman–Crippen LogP) is 3.67. The number of sulfonamides is 1. The molecule has 1 aromatic carbocycles. The maximum Gasteiger partial charge on any atom is 0.427 e. The lowest BCUT2D eigenvalue weighted by molar-refractivity contribution is -0.134. The lowest BCUT2D eigenvalue weighted by Crippen LogP contribution is -2.14. The molecule has 0 bridgehead atoms. The van der Waals surface area contributed by atoms with Crippen molar-refractivity contribution in [2.45, 2.75) is 13.1 Å². The quantitative estimate of drug-likeness (QED) is 0.862. The molecule has 2 aromatic rings. The van der Waals surface area contributed by atoms with Crippen LogP contribution in [0.25, 0.3) is 0 Å². The van der Waals surface area contributed by atoms with E-state index in [1.54, 1.807) is 12.1 Å². The summed E-state index contributed by atoms with van der Waals surface area (Å²) in [7, 11) is -3.36. The summed E-state index contributed by atoms with van der Waals surface area (Å²) in [4.78, 5) is 2.86. The van der Waals surface area contributed by atoms with Crippen molar-refractivity contribution in [3.63, 3.8) is 0 Å². The van der Waals surface area contributed by atoms with Gasteiger partial charge in [0.1, 0.15) is 4.88 Å². The molecule has 0 aliphatic rings. The third kappa shape index (κ3) is 4.34. The van der Waals surface area contributed by atoms with Crippen molar-refractivity contribution in [2.24, 2.45) is 0 Å². The highest BCUT2D eigenvalue weighted by Gasteiger charge is 2.33. The van der Waals surface area contributed by atoms with E-state index in [2.05, 4.69) is 15.0 Å². The summed E-state index contributed by atoms with van der Waals surface area (Å²) in [5, 5.41) is 2.84. The van der Waals surface area contributed by atoms with Gasteiger partial charge in [-0.05, 0) is 31.2 Å². The standard InChI is InChI=1S/C12H12F3N3O2S2/c1-2-22(19,20)18-9-5-3-8(4-6-9)17-11-16-7-10(21-11)12(13,14)15/h3-7,18H,2H2,1H3,(H,16,17). The van der Waals surface area contributed by atoms with Crippen LogP contribution in [0.2, 0.25) is 0 Å². The van der Waals surface area contributed by atoms with Crippen LogP contribution < -0.4 is 10.0 Å². The van der Waals surface area contributed by atoms with E-state index in [1.165, 1.54) is 19.1 Å². The molecule has 1 aromatic heterocycles. The minimum absolute atomic E-state index is 0.0493. The predicted molar refractivity (Wildman–Crippen MR) is 79.9 cm³/mol. The highest BCUT2D eigenvalue weighted by Crippen LogP contribution is 2.35. The molecule has 0 spiro atoms. The molecule has 22 heavy (non-hydrogen) atoms. The van der Waals surface area contributed by atoms with Crippen LogP contribution in [-0.4, -0.2) is 19.2 Å². The molecule has 120 valence electrons. The number of nitrogens with one attached hydrogen (secondary N) is 2. The Hall–Kier alpha value is -1.81. The first kappa shape index (κ1) is 16.6. The molecule has 0 saturated heterocycles. The van der Waals surface area contributed by atoms with E-state index < -0.39 is 21.1 Å². The second kappa shape index (κ2) is 6.13. The summed E-state index contributed by atoms with van der Waals surface area (Å²) >= 11 is 0.494. The van der Waals surface area contributed by atoms with Crippen LogP contribution in [0.4, 0.5) is 29.7 Å². The number of benzene rings is 1. The van der Waals surface area contributed by atoms with Crippen LogP contribution in [-0.2, 0) is 16.2 Å². The van der Waals surface area contributed by atoms with Gasteiger partial charge in [0.05, 0.1) is 11.9 Å². The molecule has 0 amide bonds. The Kier molecular flexibility index (Phi) is 4.61. The molecule has 5 nitrogen and oxygen atoms in total. The second-order valence-electron chi connectivity index (χ2n) is 4.24. The van der Waals surface area contributed by atoms with Crippen molar-refractivity contribution < 1.29 is 21.6 Å². The molecule has 0 radical (unpaired) electrons. The van der Waals surface area contributed by atoms with Gasteiger partial charge in [-0.1, -0.05) is 11.3 Å². The van der Waals surface area contributed by atoms with E-state index in [4.69, 9.17) is 0 Å². The number of alkyl halides is 3. The number of aromatic nitrogens is 1. The number of hydrogen-bond acceptors (Lipinski definition) is 5.